The number of nitrogens with one attached hydrogen (secondary N) is 3. The van der Waals surface area contributed by atoms with Gasteiger partial charge in [0.25, 0.3) is 0 Å². The number of fused-ring (bicyclic) bond motifs is 1. The number of allylic oxidation sites excluding steroid dienone is 2. The molecule has 5 aromatic rings. The van der Waals surface area contributed by atoms with Crippen LogP contribution in [0.3, 0.4) is 0 Å². The maximum Gasteiger partial charge on any atom is 0.125 e. The molecule has 0 aliphatic rings. The van der Waals surface area contributed by atoms with Crippen molar-refractivity contribution in [3.63, 3.8) is 0 Å². The Labute approximate surface area is 226 Å². The van der Waals surface area contributed by atoms with Crippen LogP contribution in [0.15, 0.2) is 61.2 Å². The van der Waals surface area contributed by atoms with Crippen molar-refractivity contribution in [2.24, 2.45) is 0 Å². The quantitative estimate of drug-likeness (QED) is 0.275. The Bertz CT molecular complexity index is 1780. The van der Waals surface area contributed by atoms with E-state index in [0.717, 1.165) is 67.6 Å². The molecule has 0 fully saturated rings. The minimum absolute atomic E-state index is 0.303. The number of likely N-dealkylation sites (N-methyl/N-ethyl adjacent to an activating group) is 1. The summed E-state index contributed by atoms with van der Waals surface area (Å²) in [6, 6.07) is 9.14. The van der Waals surface area contributed by atoms with Crippen LogP contribution >= 0.6 is 0 Å². The molecule has 4 aromatic heterocycles. The van der Waals surface area contributed by atoms with E-state index in [2.05, 4.69) is 54.1 Å². The van der Waals surface area contributed by atoms with Gasteiger partial charge in [0.15, 0.2) is 0 Å². The third kappa shape index (κ3) is 5.66. The molecule has 0 atom stereocenters. The van der Waals surface area contributed by atoms with Crippen LogP contribution in [0.2, 0.25) is 0 Å². The second-order valence-electron chi connectivity index (χ2n) is 9.89. The van der Waals surface area contributed by atoms with Gasteiger partial charge in [-0.15, -0.1) is 0 Å². The Hall–Kier alpha value is -4.56. The van der Waals surface area contributed by atoms with Gasteiger partial charge in [-0.3, -0.25) is 15.1 Å². The fourth-order valence-corrected chi connectivity index (χ4v) is 4.63. The molecule has 0 aliphatic heterocycles. The topological polar surface area (TPSA) is 85.5 Å². The van der Waals surface area contributed by atoms with Gasteiger partial charge in [-0.1, -0.05) is 12.7 Å². The first-order valence-electron chi connectivity index (χ1n) is 12.8. The summed E-state index contributed by atoms with van der Waals surface area (Å²) in [6.45, 7) is 9.75. The molecule has 0 radical (unpaired) electrons. The van der Waals surface area contributed by atoms with Crippen molar-refractivity contribution in [3.8, 4) is 22.5 Å². The van der Waals surface area contributed by atoms with Crippen molar-refractivity contribution in [2.45, 2.75) is 13.8 Å². The third-order valence-electron chi connectivity index (χ3n) is 6.60. The normalized spacial score (nSPS) is 12.6. The highest BCUT2D eigenvalue weighted by Crippen LogP contribution is 2.32. The molecule has 0 saturated heterocycles. The molecule has 3 N–H and O–H groups in total. The summed E-state index contributed by atoms with van der Waals surface area (Å²) in [7, 11) is 4.02. The number of aromatic nitrogens is 5. The number of H-pyrrole nitrogens is 2. The van der Waals surface area contributed by atoms with Crippen molar-refractivity contribution >= 4 is 34.8 Å². The van der Waals surface area contributed by atoms with E-state index in [0.29, 0.717) is 11.9 Å². The number of aryl methyl sites for hydroxylation is 1. The Morgan fingerprint density at radius 1 is 1.08 bits per heavy atom. The molecule has 0 spiro atoms. The number of benzene rings is 1. The summed E-state index contributed by atoms with van der Waals surface area (Å²) in [6.07, 6.45) is 11.4. The number of hydrogen-bond donors (Lipinski definition) is 3. The zero-order valence-electron chi connectivity index (χ0n) is 22.6. The molecular weight excluding hydrogens is 489 g/mol. The molecule has 8 heteroatoms. The highest BCUT2D eigenvalue weighted by atomic mass is 19.1. The second kappa shape index (κ2) is 11.0. The van der Waals surface area contributed by atoms with Gasteiger partial charge in [0.2, 0.25) is 0 Å². The van der Waals surface area contributed by atoms with Crippen LogP contribution < -0.4 is 15.9 Å². The lowest BCUT2D eigenvalue weighted by Gasteiger charge is -2.13. The summed E-state index contributed by atoms with van der Waals surface area (Å²) in [4.78, 5) is 14.3. The molecule has 0 amide bonds. The maximum atomic E-state index is 14.6. The maximum absolute atomic E-state index is 14.6. The third-order valence-corrected chi connectivity index (χ3v) is 6.60. The van der Waals surface area contributed by atoms with Gasteiger partial charge >= 0.3 is 0 Å². The first-order chi connectivity index (χ1) is 18.8. The molecule has 5 rings (SSSR count). The van der Waals surface area contributed by atoms with Gasteiger partial charge in [0, 0.05) is 53.5 Å². The van der Waals surface area contributed by atoms with Crippen LogP contribution in [0, 0.1) is 12.7 Å². The van der Waals surface area contributed by atoms with E-state index in [1.807, 2.05) is 58.5 Å². The Morgan fingerprint density at radius 3 is 2.67 bits per heavy atom. The highest BCUT2D eigenvalue weighted by molar-refractivity contribution is 5.98. The number of nitrogens with zero attached hydrogens (tertiary/aromatic N) is 4. The van der Waals surface area contributed by atoms with Crippen LogP contribution in [0.5, 0.6) is 0 Å². The summed E-state index contributed by atoms with van der Waals surface area (Å²) < 4.78 is 14.6. The van der Waals surface area contributed by atoms with Crippen molar-refractivity contribution in [3.05, 3.63) is 88.7 Å². The van der Waals surface area contributed by atoms with E-state index >= 15 is 0 Å². The Kier molecular flexibility index (Phi) is 7.38. The van der Waals surface area contributed by atoms with Crippen molar-refractivity contribution in [1.82, 2.24) is 30.0 Å². The standard InChI is InChI=1S/C31H32FN7/c1-6-21(23-9-19(2)15-33-16-23)12-26-20(3)37-38-31(26)29-14-27-28(17-34-18-30(27)36-29)22-10-24(32)13-25(11-22)35-7-8-39(4)5/h6,9-18,35-37H,3,7-8H2,1-2,4-5H3/b21-6+,26-12+. The van der Waals surface area contributed by atoms with Gasteiger partial charge in [-0.05, 0) is 86.6 Å². The number of halogens is 1. The number of pyridine rings is 2. The average Bonchev–Trinajstić information content (AvgIpc) is 3.49. The molecule has 0 bridgehead atoms. The summed E-state index contributed by atoms with van der Waals surface area (Å²) >= 11 is 0. The van der Waals surface area contributed by atoms with Crippen LogP contribution in [0.25, 0.3) is 51.6 Å². The first kappa shape index (κ1) is 26.1. The number of aromatic amines is 2. The molecule has 0 unspecified atom stereocenters. The average molecular weight is 522 g/mol. The Morgan fingerprint density at radius 2 is 1.90 bits per heavy atom. The molecule has 198 valence electrons. The zero-order chi connectivity index (χ0) is 27.5. The number of hydrogen-bond acceptors (Lipinski definition) is 5. The molecule has 1 aromatic carbocycles. The minimum atomic E-state index is -0.303. The van der Waals surface area contributed by atoms with Crippen LogP contribution in [-0.2, 0) is 0 Å². The summed E-state index contributed by atoms with van der Waals surface area (Å²) in [5.74, 6) is -0.303. The van der Waals surface area contributed by atoms with Crippen LogP contribution in [-0.4, -0.2) is 57.2 Å². The van der Waals surface area contributed by atoms with E-state index in [1.165, 1.54) is 12.1 Å². The lowest BCUT2D eigenvalue weighted by atomic mass is 10.0. The fraction of sp³-hybridized carbons (Fsp3) is 0.194. The SMILES string of the molecule is C=c1[nH]nc(-c2cc3c(-c4cc(F)cc(NCCN(C)C)c4)cncc3[nH]2)/c1=C/C(=C\C)c1cncc(C)c1. The predicted octanol–water partition coefficient (Wildman–Crippen LogP) is 4.73. The van der Waals surface area contributed by atoms with E-state index in [9.17, 15) is 4.39 Å². The van der Waals surface area contributed by atoms with E-state index in [-0.39, 0.29) is 5.82 Å². The summed E-state index contributed by atoms with van der Waals surface area (Å²) in [5.41, 5.74) is 7.84. The molecule has 0 aliphatic carbocycles. The minimum Gasteiger partial charge on any atom is -0.384 e. The van der Waals surface area contributed by atoms with Gasteiger partial charge in [-0.25, -0.2) is 4.39 Å². The van der Waals surface area contributed by atoms with Crippen molar-refractivity contribution in [2.75, 3.05) is 32.5 Å². The van der Waals surface area contributed by atoms with E-state index in [4.69, 9.17) is 0 Å². The van der Waals surface area contributed by atoms with Crippen LogP contribution in [0.4, 0.5) is 10.1 Å². The molecule has 7 nitrogen and oxygen atoms in total. The van der Waals surface area contributed by atoms with E-state index < -0.39 is 0 Å². The van der Waals surface area contributed by atoms with Gasteiger partial charge in [0.1, 0.15) is 11.5 Å². The molecule has 4 heterocycles. The van der Waals surface area contributed by atoms with Crippen molar-refractivity contribution in [1.29, 1.82) is 0 Å². The van der Waals surface area contributed by atoms with E-state index in [1.54, 1.807) is 12.4 Å². The van der Waals surface area contributed by atoms with Gasteiger partial charge < -0.3 is 15.2 Å². The highest BCUT2D eigenvalue weighted by Gasteiger charge is 2.14. The fourth-order valence-electron chi connectivity index (χ4n) is 4.63. The predicted molar refractivity (Wildman–Crippen MR) is 158 cm³/mol. The summed E-state index contributed by atoms with van der Waals surface area (Å²) in [5, 5.41) is 13.4. The smallest absolute Gasteiger partial charge is 0.125 e. The second-order valence-corrected chi connectivity index (χ2v) is 9.89. The molecule has 39 heavy (non-hydrogen) atoms. The lowest BCUT2D eigenvalue weighted by molar-refractivity contribution is 0.425. The van der Waals surface area contributed by atoms with Crippen molar-refractivity contribution < 1.29 is 4.39 Å². The first-order valence-corrected chi connectivity index (χ1v) is 12.8. The number of anilines is 1. The monoisotopic (exact) mass is 521 g/mol. The Balaban J connectivity index is 1.57. The largest absolute Gasteiger partial charge is 0.384 e. The molecular formula is C31H32FN7. The van der Waals surface area contributed by atoms with Gasteiger partial charge in [0.05, 0.1) is 22.8 Å². The molecule has 0 saturated carbocycles. The van der Waals surface area contributed by atoms with Crippen LogP contribution in [0.1, 0.15) is 18.1 Å². The number of rotatable bonds is 8. The zero-order valence-corrected chi connectivity index (χ0v) is 22.6. The lowest BCUT2D eigenvalue weighted by Crippen LogP contribution is -2.22. The van der Waals surface area contributed by atoms with Gasteiger partial charge in [-0.2, -0.15) is 5.10 Å².